The van der Waals surface area contributed by atoms with Gasteiger partial charge in [-0.3, -0.25) is 24.1 Å². The number of likely N-dealkylation sites (tertiary alicyclic amines) is 1. The zero-order valence-corrected chi connectivity index (χ0v) is 20.6. The maximum absolute atomic E-state index is 13.4. The summed E-state index contributed by atoms with van der Waals surface area (Å²) in [6, 6.07) is 8.15. The van der Waals surface area contributed by atoms with Crippen molar-refractivity contribution in [3.8, 4) is 0 Å². The van der Waals surface area contributed by atoms with Crippen LogP contribution in [0.25, 0.3) is 0 Å². The number of nitrogens with one attached hydrogen (secondary N) is 1. The van der Waals surface area contributed by atoms with Crippen molar-refractivity contribution in [1.29, 1.82) is 0 Å². The molecule has 2 N–H and O–H groups in total. The minimum absolute atomic E-state index is 0.00705. The first kappa shape index (κ1) is 21.6. The van der Waals surface area contributed by atoms with Gasteiger partial charge in [0.15, 0.2) is 0 Å². The number of aliphatic carboxylic acids is 1. The second-order valence-corrected chi connectivity index (χ2v) is 12.5. The number of aromatic nitrogens is 1. The van der Waals surface area contributed by atoms with Crippen LogP contribution in [0.3, 0.4) is 0 Å². The van der Waals surface area contributed by atoms with Crippen LogP contribution >= 0.6 is 39.0 Å². The molecule has 6 unspecified atom stereocenters. The third-order valence-corrected chi connectivity index (χ3v) is 10.9. The predicted molar refractivity (Wildman–Crippen MR) is 126 cm³/mol. The van der Waals surface area contributed by atoms with E-state index in [2.05, 4.69) is 33.0 Å². The van der Waals surface area contributed by atoms with E-state index in [0.29, 0.717) is 0 Å². The van der Waals surface area contributed by atoms with Gasteiger partial charge in [-0.05, 0) is 48.3 Å². The minimum atomic E-state index is -0.922. The SMILES string of the molecule is O=C(O)CCCN1C(=O)C2C3CC(C2C1=O)C1C3Sc2[nH]c(=O)sc2[C@@H]1c1cccc(Br)c1. The Balaban J connectivity index is 1.38. The van der Waals surface area contributed by atoms with Gasteiger partial charge in [-0.25, -0.2) is 0 Å². The van der Waals surface area contributed by atoms with Crippen molar-refractivity contribution in [3.05, 3.63) is 48.8 Å². The number of imide groups is 1. The van der Waals surface area contributed by atoms with Crippen LogP contribution in [0.15, 0.2) is 38.6 Å². The highest BCUT2D eigenvalue weighted by Crippen LogP contribution is 2.68. The van der Waals surface area contributed by atoms with Gasteiger partial charge in [0.1, 0.15) is 0 Å². The van der Waals surface area contributed by atoms with Crippen LogP contribution in [0.4, 0.5) is 0 Å². The fourth-order valence-electron chi connectivity index (χ4n) is 6.76. The first-order valence-electron chi connectivity index (χ1n) is 11.1. The molecular formula is C23H21BrN2O5S2. The molecule has 1 saturated heterocycles. The number of rotatable bonds is 5. The fourth-order valence-corrected chi connectivity index (χ4v) is 10.1. The molecule has 0 spiro atoms. The summed E-state index contributed by atoms with van der Waals surface area (Å²) in [6.45, 7) is 0.175. The number of aromatic amines is 1. The molecule has 7 nitrogen and oxygen atoms in total. The normalized spacial score (nSPS) is 33.8. The molecule has 2 saturated carbocycles. The lowest BCUT2D eigenvalue weighted by Crippen LogP contribution is -2.42. The summed E-state index contributed by atoms with van der Waals surface area (Å²) >= 11 is 6.50. The number of thioether (sulfide) groups is 1. The standard InChI is InChI=1S/C23H21BrN2O5S2/c24-10-4-1-3-9(7-10)14-15-11-8-12(18(15)32-20-19(14)33-23(31)25-20)17-16(11)21(29)26(22(17)30)6-2-5-13(27)28/h1,3-4,7,11-12,14-18H,2,5-6,8H2,(H,25,31)(H,27,28)/t11?,12?,14-,15?,16?,17?,18?/m1/s1. The molecule has 1 aromatic heterocycles. The number of carboxylic acids is 1. The van der Waals surface area contributed by atoms with E-state index in [4.69, 9.17) is 5.11 Å². The molecule has 33 heavy (non-hydrogen) atoms. The van der Waals surface area contributed by atoms with Gasteiger partial charge in [-0.15, -0.1) is 11.8 Å². The van der Waals surface area contributed by atoms with Crippen LogP contribution in [-0.2, 0) is 14.4 Å². The Morgan fingerprint density at radius 3 is 2.67 bits per heavy atom. The highest BCUT2D eigenvalue weighted by atomic mass is 79.9. The van der Waals surface area contributed by atoms with E-state index in [1.807, 2.05) is 12.1 Å². The maximum atomic E-state index is 13.4. The first-order chi connectivity index (χ1) is 15.8. The molecule has 6 rings (SSSR count). The van der Waals surface area contributed by atoms with Gasteiger partial charge in [-0.2, -0.15) is 0 Å². The number of halogens is 1. The van der Waals surface area contributed by atoms with Crippen molar-refractivity contribution in [2.24, 2.45) is 29.6 Å². The largest absolute Gasteiger partial charge is 0.481 e. The Bertz CT molecular complexity index is 1240. The Hall–Kier alpha value is -1.91. The molecule has 4 aliphatic rings. The van der Waals surface area contributed by atoms with Gasteiger partial charge in [0.05, 0.1) is 16.9 Å². The molecule has 2 aliphatic carbocycles. The number of hydrogen-bond donors (Lipinski definition) is 2. The van der Waals surface area contributed by atoms with Crippen LogP contribution in [-0.4, -0.2) is 44.6 Å². The fraction of sp³-hybridized carbons (Fsp3) is 0.478. The maximum Gasteiger partial charge on any atom is 0.305 e. The lowest BCUT2D eigenvalue weighted by Gasteiger charge is -2.43. The first-order valence-corrected chi connectivity index (χ1v) is 13.6. The van der Waals surface area contributed by atoms with E-state index in [1.54, 1.807) is 11.8 Å². The summed E-state index contributed by atoms with van der Waals surface area (Å²) < 4.78 is 0.969. The molecule has 0 radical (unpaired) electrons. The van der Waals surface area contributed by atoms with E-state index < -0.39 is 5.97 Å². The third-order valence-electron chi connectivity index (χ3n) is 7.80. The van der Waals surface area contributed by atoms with Crippen LogP contribution < -0.4 is 4.87 Å². The average molecular weight is 549 g/mol. The van der Waals surface area contributed by atoms with E-state index in [-0.39, 0.29) is 76.8 Å². The van der Waals surface area contributed by atoms with Crippen molar-refractivity contribution in [2.45, 2.75) is 35.5 Å². The molecular weight excluding hydrogens is 528 g/mol. The third kappa shape index (κ3) is 3.20. The van der Waals surface area contributed by atoms with Crippen molar-refractivity contribution in [3.63, 3.8) is 0 Å². The molecule has 172 valence electrons. The summed E-state index contributed by atoms with van der Waals surface area (Å²) in [4.78, 5) is 55.1. The molecule has 2 aromatic rings. The number of amides is 2. The molecule has 10 heteroatoms. The van der Waals surface area contributed by atoms with E-state index in [0.717, 1.165) is 26.4 Å². The molecule has 2 amide bonds. The minimum Gasteiger partial charge on any atom is -0.481 e. The monoisotopic (exact) mass is 548 g/mol. The number of carboxylic acid groups (broad SMARTS) is 1. The number of benzene rings is 1. The van der Waals surface area contributed by atoms with Crippen LogP contribution in [0.5, 0.6) is 0 Å². The molecule has 1 aromatic carbocycles. The number of carbonyl (C=O) groups is 3. The molecule has 7 atom stereocenters. The topological polar surface area (TPSA) is 108 Å². The summed E-state index contributed by atoms with van der Waals surface area (Å²) in [5.74, 6) is -1.50. The highest BCUT2D eigenvalue weighted by Gasteiger charge is 2.69. The van der Waals surface area contributed by atoms with Crippen molar-refractivity contribution in [2.75, 3.05) is 6.54 Å². The van der Waals surface area contributed by atoms with E-state index >= 15 is 0 Å². The smallest absolute Gasteiger partial charge is 0.305 e. The van der Waals surface area contributed by atoms with Gasteiger partial charge in [0.25, 0.3) is 0 Å². The second kappa shape index (κ2) is 7.81. The molecule has 3 fully saturated rings. The Labute approximate surface area is 206 Å². The summed E-state index contributed by atoms with van der Waals surface area (Å²) in [6.07, 6.45) is 1.07. The molecule has 2 aliphatic heterocycles. The Morgan fingerprint density at radius 1 is 1.18 bits per heavy atom. The van der Waals surface area contributed by atoms with Gasteiger partial charge in [-0.1, -0.05) is 39.4 Å². The zero-order valence-electron chi connectivity index (χ0n) is 17.4. The summed E-state index contributed by atoms with van der Waals surface area (Å²) in [5.41, 5.74) is 1.12. The number of fused-ring (bicyclic) bond motifs is 9. The zero-order chi connectivity index (χ0) is 23.0. The average Bonchev–Trinajstić information content (AvgIpc) is 3.48. The number of thiazole rings is 1. The van der Waals surface area contributed by atoms with Gasteiger partial charge < -0.3 is 10.1 Å². The second-order valence-electron chi connectivity index (χ2n) is 9.34. The molecule has 2 bridgehead atoms. The van der Waals surface area contributed by atoms with Gasteiger partial charge in [0.2, 0.25) is 11.8 Å². The van der Waals surface area contributed by atoms with Gasteiger partial charge >= 0.3 is 10.8 Å². The number of nitrogens with zero attached hydrogens (tertiary/aromatic N) is 1. The Kier molecular flexibility index (Phi) is 5.12. The van der Waals surface area contributed by atoms with Crippen molar-refractivity contribution in [1.82, 2.24) is 9.88 Å². The Morgan fingerprint density at radius 2 is 1.94 bits per heavy atom. The van der Waals surface area contributed by atoms with Crippen LogP contribution in [0.2, 0.25) is 0 Å². The van der Waals surface area contributed by atoms with Gasteiger partial charge in [0, 0.05) is 33.5 Å². The lowest BCUT2D eigenvalue weighted by atomic mass is 9.68. The quantitative estimate of drug-likeness (QED) is 0.553. The number of carbonyl (C=O) groups excluding carboxylic acids is 2. The van der Waals surface area contributed by atoms with Crippen molar-refractivity contribution < 1.29 is 19.5 Å². The van der Waals surface area contributed by atoms with Crippen LogP contribution in [0, 0.1) is 29.6 Å². The number of H-pyrrole nitrogens is 1. The number of hydrogen-bond acceptors (Lipinski definition) is 6. The highest BCUT2D eigenvalue weighted by molar-refractivity contribution is 9.10. The van der Waals surface area contributed by atoms with E-state index in [9.17, 15) is 19.2 Å². The predicted octanol–water partition coefficient (Wildman–Crippen LogP) is 3.54. The summed E-state index contributed by atoms with van der Waals surface area (Å²) in [5, 5.41) is 10.00. The van der Waals surface area contributed by atoms with E-state index in [1.165, 1.54) is 16.2 Å². The lowest BCUT2D eigenvalue weighted by molar-refractivity contribution is -0.142. The van der Waals surface area contributed by atoms with Crippen molar-refractivity contribution >= 4 is 56.8 Å². The molecule has 3 heterocycles. The summed E-state index contributed by atoms with van der Waals surface area (Å²) in [7, 11) is 0. The van der Waals surface area contributed by atoms with Crippen LogP contribution in [0.1, 0.15) is 35.6 Å².